The zero-order valence-electron chi connectivity index (χ0n) is 14.2. The van der Waals surface area contributed by atoms with Crippen LogP contribution in [0.15, 0.2) is 4.52 Å². The molecule has 2 aromatic rings. The molecule has 0 saturated carbocycles. The van der Waals surface area contributed by atoms with Crippen LogP contribution in [0.2, 0.25) is 0 Å². The fourth-order valence-corrected chi connectivity index (χ4v) is 2.96. The summed E-state index contributed by atoms with van der Waals surface area (Å²) in [7, 11) is 0. The molecule has 0 bridgehead atoms. The van der Waals surface area contributed by atoms with Crippen molar-refractivity contribution in [2.45, 2.75) is 46.2 Å². The first-order valence-corrected chi connectivity index (χ1v) is 8.09. The van der Waals surface area contributed by atoms with Crippen LogP contribution < -0.4 is 5.32 Å². The van der Waals surface area contributed by atoms with Gasteiger partial charge in [0.25, 0.3) is 0 Å². The molecule has 2 aromatic heterocycles. The quantitative estimate of drug-likeness (QED) is 0.905. The molecule has 3 rings (SSSR count). The van der Waals surface area contributed by atoms with Gasteiger partial charge in [0.1, 0.15) is 11.6 Å². The summed E-state index contributed by atoms with van der Waals surface area (Å²) in [4.78, 5) is 6.54. The third-order valence-electron chi connectivity index (χ3n) is 4.35. The topological polar surface area (TPSA) is 104 Å². The highest BCUT2D eigenvalue weighted by Gasteiger charge is 2.23. The molecule has 0 aromatic carbocycles. The molecule has 1 atom stereocenters. The predicted molar refractivity (Wildman–Crippen MR) is 87.2 cm³/mol. The second-order valence-electron chi connectivity index (χ2n) is 6.19. The van der Waals surface area contributed by atoms with Crippen molar-refractivity contribution in [3.63, 3.8) is 0 Å². The van der Waals surface area contributed by atoms with Gasteiger partial charge in [-0.2, -0.15) is 15.3 Å². The van der Waals surface area contributed by atoms with E-state index in [2.05, 4.69) is 36.6 Å². The van der Waals surface area contributed by atoms with Gasteiger partial charge in [-0.15, -0.1) is 5.10 Å². The van der Waals surface area contributed by atoms with E-state index in [0.29, 0.717) is 29.6 Å². The molecular weight excluding hydrogens is 306 g/mol. The molecule has 1 fully saturated rings. The van der Waals surface area contributed by atoms with E-state index in [1.54, 1.807) is 6.92 Å². The zero-order chi connectivity index (χ0) is 17.1. The summed E-state index contributed by atoms with van der Waals surface area (Å²) in [6.07, 6.45) is 2.09. The van der Waals surface area contributed by atoms with Crippen LogP contribution in [-0.4, -0.2) is 44.4 Å². The fourth-order valence-electron chi connectivity index (χ4n) is 2.96. The van der Waals surface area contributed by atoms with Gasteiger partial charge in [-0.25, -0.2) is 0 Å². The molecular formula is C16H21N7O. The van der Waals surface area contributed by atoms with Crippen molar-refractivity contribution >= 4 is 5.82 Å². The number of aryl methyl sites for hydroxylation is 2. The first kappa shape index (κ1) is 16.3. The molecule has 1 saturated heterocycles. The van der Waals surface area contributed by atoms with E-state index in [9.17, 15) is 5.26 Å². The number of likely N-dealkylation sites (tertiary alicyclic amines) is 1. The maximum atomic E-state index is 9.41. The lowest BCUT2D eigenvalue weighted by molar-refractivity contribution is 0.201. The van der Waals surface area contributed by atoms with Gasteiger partial charge in [0, 0.05) is 19.5 Å². The number of piperidine rings is 1. The fraction of sp³-hybridized carbons (Fsp3) is 0.562. The Morgan fingerprint density at radius 1 is 1.33 bits per heavy atom. The highest BCUT2D eigenvalue weighted by molar-refractivity contribution is 5.56. The van der Waals surface area contributed by atoms with E-state index >= 15 is 0 Å². The molecule has 0 aliphatic carbocycles. The van der Waals surface area contributed by atoms with Crippen LogP contribution in [0.3, 0.4) is 0 Å². The molecule has 1 aliphatic rings. The second kappa shape index (κ2) is 6.93. The molecule has 8 heteroatoms. The Balaban J connectivity index is 1.68. The van der Waals surface area contributed by atoms with E-state index < -0.39 is 0 Å². The highest BCUT2D eigenvalue weighted by Crippen LogP contribution is 2.21. The molecule has 3 heterocycles. The molecule has 8 nitrogen and oxygen atoms in total. The third kappa shape index (κ3) is 3.51. The van der Waals surface area contributed by atoms with Gasteiger partial charge < -0.3 is 9.84 Å². The summed E-state index contributed by atoms with van der Waals surface area (Å²) >= 11 is 0. The van der Waals surface area contributed by atoms with Crippen molar-refractivity contribution in [1.82, 2.24) is 25.2 Å². The molecule has 1 unspecified atom stereocenters. The molecule has 126 valence electrons. The van der Waals surface area contributed by atoms with Gasteiger partial charge in [0.15, 0.2) is 11.6 Å². The number of nitrogens with zero attached hydrogens (tertiary/aromatic N) is 6. The molecule has 0 spiro atoms. The van der Waals surface area contributed by atoms with Crippen LogP contribution in [0.5, 0.6) is 0 Å². The lowest BCUT2D eigenvalue weighted by Crippen LogP contribution is -2.42. The largest absolute Gasteiger partial charge is 0.363 e. The number of nitriles is 1. The van der Waals surface area contributed by atoms with Crippen molar-refractivity contribution in [3.8, 4) is 6.07 Å². The van der Waals surface area contributed by atoms with Gasteiger partial charge >= 0.3 is 0 Å². The minimum Gasteiger partial charge on any atom is -0.363 e. The molecule has 24 heavy (non-hydrogen) atoms. The second-order valence-corrected chi connectivity index (χ2v) is 6.19. The Bertz CT molecular complexity index is 764. The van der Waals surface area contributed by atoms with Gasteiger partial charge in [0.2, 0.25) is 5.89 Å². The van der Waals surface area contributed by atoms with Crippen molar-refractivity contribution in [1.29, 1.82) is 5.26 Å². The average Bonchev–Trinajstić information content (AvgIpc) is 2.97. The van der Waals surface area contributed by atoms with Gasteiger partial charge in [-0.1, -0.05) is 5.16 Å². The van der Waals surface area contributed by atoms with Crippen molar-refractivity contribution in [3.05, 3.63) is 28.5 Å². The first-order valence-electron chi connectivity index (χ1n) is 8.09. The number of aromatic nitrogens is 4. The van der Waals surface area contributed by atoms with E-state index in [4.69, 9.17) is 4.52 Å². The lowest BCUT2D eigenvalue weighted by atomic mass is 10.0. The third-order valence-corrected chi connectivity index (χ3v) is 4.35. The summed E-state index contributed by atoms with van der Waals surface area (Å²) in [5.41, 5.74) is 2.24. The first-order chi connectivity index (χ1) is 11.6. The van der Waals surface area contributed by atoms with Gasteiger partial charge in [-0.3, -0.25) is 4.90 Å². The zero-order valence-corrected chi connectivity index (χ0v) is 14.2. The van der Waals surface area contributed by atoms with Crippen LogP contribution in [0.25, 0.3) is 0 Å². The van der Waals surface area contributed by atoms with Crippen LogP contribution >= 0.6 is 0 Å². The SMILES string of the molecule is Cc1nc(CN2CCCC(Nc3nnc(C)c(C)c3C#N)C2)no1. The summed E-state index contributed by atoms with van der Waals surface area (Å²) in [6.45, 7) is 8.06. The average molecular weight is 327 g/mol. The summed E-state index contributed by atoms with van der Waals surface area (Å²) in [5.74, 6) is 1.86. The molecule has 1 N–H and O–H groups in total. The van der Waals surface area contributed by atoms with Crippen molar-refractivity contribution in [2.75, 3.05) is 18.4 Å². The molecule has 0 amide bonds. The highest BCUT2D eigenvalue weighted by atomic mass is 16.5. The minimum absolute atomic E-state index is 0.218. The van der Waals surface area contributed by atoms with Crippen LogP contribution in [0.4, 0.5) is 5.82 Å². The Hall–Kier alpha value is -2.53. The predicted octanol–water partition coefficient (Wildman–Crippen LogP) is 1.73. The number of nitrogens with one attached hydrogen (secondary N) is 1. The minimum atomic E-state index is 0.218. The Morgan fingerprint density at radius 3 is 2.88 bits per heavy atom. The Kier molecular flexibility index (Phi) is 4.71. The van der Waals surface area contributed by atoms with E-state index in [1.807, 2.05) is 13.8 Å². The summed E-state index contributed by atoms with van der Waals surface area (Å²) in [5, 5.41) is 25.1. The van der Waals surface area contributed by atoms with Gasteiger partial charge in [-0.05, 0) is 38.8 Å². The molecule has 1 aliphatic heterocycles. The number of hydrogen-bond acceptors (Lipinski definition) is 8. The van der Waals surface area contributed by atoms with Crippen LogP contribution in [0.1, 0.15) is 41.4 Å². The van der Waals surface area contributed by atoms with E-state index in [-0.39, 0.29) is 6.04 Å². The van der Waals surface area contributed by atoms with Crippen LogP contribution in [-0.2, 0) is 6.54 Å². The van der Waals surface area contributed by atoms with Gasteiger partial charge in [0.05, 0.1) is 12.2 Å². The molecule has 0 radical (unpaired) electrons. The summed E-state index contributed by atoms with van der Waals surface area (Å²) in [6, 6.07) is 2.45. The monoisotopic (exact) mass is 327 g/mol. The number of anilines is 1. The van der Waals surface area contributed by atoms with E-state index in [0.717, 1.165) is 37.2 Å². The Labute approximate surface area is 140 Å². The van der Waals surface area contributed by atoms with Crippen molar-refractivity contribution in [2.24, 2.45) is 0 Å². The number of hydrogen-bond donors (Lipinski definition) is 1. The van der Waals surface area contributed by atoms with Crippen molar-refractivity contribution < 1.29 is 4.52 Å². The standard InChI is InChI=1S/C16H21N7O/c1-10-11(2)20-21-16(14(10)7-17)19-13-5-4-6-23(8-13)9-15-18-12(3)24-22-15/h13H,4-6,8-9H2,1-3H3,(H,19,21). The Morgan fingerprint density at radius 2 is 2.17 bits per heavy atom. The maximum absolute atomic E-state index is 9.41. The smallest absolute Gasteiger partial charge is 0.223 e. The normalized spacial score (nSPS) is 18.3. The van der Waals surface area contributed by atoms with Crippen LogP contribution in [0, 0.1) is 32.1 Å². The maximum Gasteiger partial charge on any atom is 0.223 e. The summed E-state index contributed by atoms with van der Waals surface area (Å²) < 4.78 is 5.03. The lowest BCUT2D eigenvalue weighted by Gasteiger charge is -2.32. The van der Waals surface area contributed by atoms with E-state index in [1.165, 1.54) is 0 Å². The number of rotatable bonds is 4.